The zero-order chi connectivity index (χ0) is 12.0. The van der Waals surface area contributed by atoms with Crippen LogP contribution in [0.1, 0.15) is 6.92 Å². The molecule has 0 bridgehead atoms. The van der Waals surface area contributed by atoms with Crippen molar-refractivity contribution in [2.75, 3.05) is 32.8 Å². The van der Waals surface area contributed by atoms with Crippen LogP contribution in [-0.4, -0.2) is 44.7 Å². The lowest BCUT2D eigenvalue weighted by molar-refractivity contribution is -0.122. The van der Waals surface area contributed by atoms with Gasteiger partial charge in [0.2, 0.25) is 11.8 Å². The van der Waals surface area contributed by atoms with Gasteiger partial charge in [0, 0.05) is 25.2 Å². The van der Waals surface area contributed by atoms with Gasteiger partial charge in [0.1, 0.15) is 6.61 Å². The third-order valence-corrected chi connectivity index (χ3v) is 2.32. The Hall–Kier alpha value is -1.40. The van der Waals surface area contributed by atoms with Crippen molar-refractivity contribution >= 4 is 11.8 Å². The topological polar surface area (TPSA) is 93.4 Å². The number of carbonyl (C=O) groups excluding carboxylic acids is 2. The number of amides is 2. The Bertz CT molecular complexity index is 306. The van der Waals surface area contributed by atoms with E-state index in [0.29, 0.717) is 6.54 Å². The molecule has 0 radical (unpaired) electrons. The van der Waals surface area contributed by atoms with Crippen molar-refractivity contribution in [2.45, 2.75) is 6.92 Å². The molecule has 1 fully saturated rings. The summed E-state index contributed by atoms with van der Waals surface area (Å²) in [6.45, 7) is 3.93. The molecule has 1 rings (SSSR count). The summed E-state index contributed by atoms with van der Waals surface area (Å²) in [6.07, 6.45) is 0. The van der Waals surface area contributed by atoms with Crippen molar-refractivity contribution in [3.63, 3.8) is 0 Å². The fourth-order valence-corrected chi connectivity index (χ4v) is 1.22. The molecule has 0 atom stereocenters. The van der Waals surface area contributed by atoms with Crippen molar-refractivity contribution in [1.82, 2.24) is 10.6 Å². The summed E-state index contributed by atoms with van der Waals surface area (Å²) in [7, 11) is 0. The van der Waals surface area contributed by atoms with E-state index in [1.165, 1.54) is 0 Å². The van der Waals surface area contributed by atoms with Crippen LogP contribution in [0.4, 0.5) is 0 Å². The van der Waals surface area contributed by atoms with Gasteiger partial charge >= 0.3 is 0 Å². The average Bonchev–Trinajstić information content (AvgIpc) is 2.13. The molecule has 0 aliphatic carbocycles. The molecule has 6 heteroatoms. The van der Waals surface area contributed by atoms with Crippen molar-refractivity contribution in [2.24, 2.45) is 5.73 Å². The zero-order valence-corrected chi connectivity index (χ0v) is 9.34. The normalized spacial score (nSPS) is 14.2. The molecule has 0 aromatic carbocycles. The summed E-state index contributed by atoms with van der Waals surface area (Å²) >= 11 is 0. The second kappa shape index (κ2) is 6.24. The number of nitrogens with one attached hydrogen (secondary N) is 2. The minimum absolute atomic E-state index is 0.0841. The summed E-state index contributed by atoms with van der Waals surface area (Å²) in [5.74, 6) is -0.593. The van der Waals surface area contributed by atoms with Gasteiger partial charge in [-0.2, -0.15) is 0 Å². The molecular weight excluding hydrogens is 210 g/mol. The average molecular weight is 227 g/mol. The third-order valence-electron chi connectivity index (χ3n) is 2.32. The van der Waals surface area contributed by atoms with E-state index >= 15 is 0 Å². The highest BCUT2D eigenvalue weighted by atomic mass is 16.5. The lowest BCUT2D eigenvalue weighted by Crippen LogP contribution is -2.38. The Morgan fingerprint density at radius 2 is 2.19 bits per heavy atom. The molecule has 1 aliphatic rings. The number of hydrogen-bond acceptors (Lipinski definition) is 4. The molecular formula is C10H17N3O3. The Balaban J connectivity index is 2.13. The molecule has 0 aromatic heterocycles. The summed E-state index contributed by atoms with van der Waals surface area (Å²) < 4.78 is 4.91. The van der Waals surface area contributed by atoms with E-state index in [4.69, 9.17) is 10.5 Å². The van der Waals surface area contributed by atoms with Gasteiger partial charge in [-0.3, -0.25) is 9.59 Å². The van der Waals surface area contributed by atoms with Crippen molar-refractivity contribution < 1.29 is 14.3 Å². The van der Waals surface area contributed by atoms with Crippen LogP contribution in [0.25, 0.3) is 0 Å². The predicted octanol–water partition coefficient (Wildman–Crippen LogP) is -1.48. The van der Waals surface area contributed by atoms with Gasteiger partial charge in [0.25, 0.3) is 0 Å². The van der Waals surface area contributed by atoms with Gasteiger partial charge in [-0.25, -0.2) is 0 Å². The molecule has 0 spiro atoms. The Morgan fingerprint density at radius 1 is 1.50 bits per heavy atom. The molecule has 0 aromatic rings. The van der Waals surface area contributed by atoms with E-state index in [2.05, 4.69) is 10.6 Å². The van der Waals surface area contributed by atoms with Crippen LogP contribution in [-0.2, 0) is 14.3 Å². The molecule has 90 valence electrons. The summed E-state index contributed by atoms with van der Waals surface area (Å²) in [5, 5.41) is 5.78. The summed E-state index contributed by atoms with van der Waals surface area (Å²) in [5.41, 5.74) is 6.78. The maximum atomic E-state index is 11.5. The first kappa shape index (κ1) is 12.7. The molecule has 6 nitrogen and oxygen atoms in total. The van der Waals surface area contributed by atoms with Gasteiger partial charge in [-0.05, 0) is 12.5 Å². The zero-order valence-electron chi connectivity index (χ0n) is 9.34. The minimum Gasteiger partial charge on any atom is -0.370 e. The number of ether oxygens (including phenoxy) is 1. The second-order valence-corrected chi connectivity index (χ2v) is 3.61. The van der Waals surface area contributed by atoms with Crippen LogP contribution >= 0.6 is 0 Å². The van der Waals surface area contributed by atoms with Crippen LogP contribution in [0.5, 0.6) is 0 Å². The number of nitrogens with two attached hydrogens (primary N) is 1. The third kappa shape index (κ3) is 4.00. The minimum atomic E-state index is -0.509. The first-order valence-corrected chi connectivity index (χ1v) is 5.15. The van der Waals surface area contributed by atoms with E-state index in [1.807, 2.05) is 0 Å². The number of rotatable bonds is 6. The maximum absolute atomic E-state index is 11.5. The first-order chi connectivity index (χ1) is 7.61. The summed E-state index contributed by atoms with van der Waals surface area (Å²) in [6, 6.07) is 0. The van der Waals surface area contributed by atoms with Crippen LogP contribution in [0.2, 0.25) is 0 Å². The number of hydrogen-bond donors (Lipinski definition) is 3. The molecule has 1 heterocycles. The SMILES string of the molecule is CC(C(=O)NCCOCC(N)=O)=C1CNC1. The van der Waals surface area contributed by atoms with Crippen LogP contribution < -0.4 is 16.4 Å². The number of carbonyl (C=O) groups is 2. The van der Waals surface area contributed by atoms with Gasteiger partial charge in [-0.1, -0.05) is 0 Å². The van der Waals surface area contributed by atoms with Crippen molar-refractivity contribution in [1.29, 1.82) is 0 Å². The summed E-state index contributed by atoms with van der Waals surface area (Å²) in [4.78, 5) is 21.9. The van der Waals surface area contributed by atoms with Gasteiger partial charge in [0.05, 0.1) is 6.61 Å². The first-order valence-electron chi connectivity index (χ1n) is 5.15. The molecule has 16 heavy (non-hydrogen) atoms. The highest BCUT2D eigenvalue weighted by Gasteiger charge is 2.15. The van der Waals surface area contributed by atoms with Gasteiger partial charge < -0.3 is 21.1 Å². The smallest absolute Gasteiger partial charge is 0.247 e. The highest BCUT2D eigenvalue weighted by Crippen LogP contribution is 2.08. The standard InChI is InChI=1S/C10H17N3O3/c1-7(8-4-12-5-8)10(15)13-2-3-16-6-9(11)14/h12H,2-6H2,1H3,(H2,11,14)(H,13,15). The quantitative estimate of drug-likeness (QED) is 0.381. The second-order valence-electron chi connectivity index (χ2n) is 3.61. The molecule has 0 unspecified atom stereocenters. The fraction of sp³-hybridized carbons (Fsp3) is 0.600. The van der Waals surface area contributed by atoms with Crippen LogP contribution in [0, 0.1) is 0 Å². The van der Waals surface area contributed by atoms with Crippen molar-refractivity contribution in [3.8, 4) is 0 Å². The molecule has 1 saturated heterocycles. The maximum Gasteiger partial charge on any atom is 0.247 e. The lowest BCUT2D eigenvalue weighted by Gasteiger charge is -2.21. The largest absolute Gasteiger partial charge is 0.370 e. The van der Waals surface area contributed by atoms with Crippen LogP contribution in [0.15, 0.2) is 11.1 Å². The van der Waals surface area contributed by atoms with E-state index in [1.54, 1.807) is 6.92 Å². The van der Waals surface area contributed by atoms with Gasteiger partial charge in [0.15, 0.2) is 0 Å². The Morgan fingerprint density at radius 3 is 2.69 bits per heavy atom. The van der Waals surface area contributed by atoms with E-state index in [0.717, 1.165) is 24.2 Å². The molecule has 0 saturated carbocycles. The van der Waals surface area contributed by atoms with E-state index < -0.39 is 5.91 Å². The van der Waals surface area contributed by atoms with Crippen molar-refractivity contribution in [3.05, 3.63) is 11.1 Å². The molecule has 4 N–H and O–H groups in total. The number of primary amides is 1. The lowest BCUT2D eigenvalue weighted by atomic mass is 10.0. The predicted molar refractivity (Wildman–Crippen MR) is 58.6 cm³/mol. The monoisotopic (exact) mass is 227 g/mol. The fourth-order valence-electron chi connectivity index (χ4n) is 1.22. The Labute approximate surface area is 94.2 Å². The molecule has 1 aliphatic heterocycles. The Kier molecular flexibility index (Phi) is 4.94. The van der Waals surface area contributed by atoms with Gasteiger partial charge in [-0.15, -0.1) is 0 Å². The molecule has 2 amide bonds. The van der Waals surface area contributed by atoms with E-state index in [-0.39, 0.29) is 19.1 Å². The van der Waals surface area contributed by atoms with E-state index in [9.17, 15) is 9.59 Å². The van der Waals surface area contributed by atoms with Crippen LogP contribution in [0.3, 0.4) is 0 Å². The highest BCUT2D eigenvalue weighted by molar-refractivity contribution is 5.93.